The van der Waals surface area contributed by atoms with Gasteiger partial charge in [0.1, 0.15) is 0 Å². The van der Waals surface area contributed by atoms with E-state index in [-0.39, 0.29) is 23.0 Å². The molecular weight excluding hydrogens is 208 g/mol. The van der Waals surface area contributed by atoms with Gasteiger partial charge in [-0.25, -0.2) is 0 Å². The van der Waals surface area contributed by atoms with E-state index in [2.05, 4.69) is 0 Å². The van der Waals surface area contributed by atoms with Gasteiger partial charge in [-0.05, 0) is 46.5 Å². The number of hydrogen-bond donors (Lipinski definition) is 4. The molecule has 0 amide bonds. The highest BCUT2D eigenvalue weighted by atomic mass is 16.3. The van der Waals surface area contributed by atoms with Gasteiger partial charge in [-0.2, -0.15) is 0 Å². The van der Waals surface area contributed by atoms with Gasteiger partial charge in [-0.3, -0.25) is 0 Å². The van der Waals surface area contributed by atoms with Crippen molar-refractivity contribution in [2.24, 2.45) is 0 Å². The lowest BCUT2D eigenvalue weighted by molar-refractivity contribution is 0.402. The number of aromatic hydroxyl groups is 4. The number of phenols is 4. The Labute approximate surface area is 90.7 Å². The van der Waals surface area contributed by atoms with Crippen molar-refractivity contribution in [3.8, 4) is 45.3 Å². The zero-order chi connectivity index (χ0) is 11.4. The summed E-state index contributed by atoms with van der Waals surface area (Å²) < 4.78 is 0. The molecule has 0 bridgehead atoms. The summed E-state index contributed by atoms with van der Waals surface area (Å²) in [5, 5.41) is 37.4. The van der Waals surface area contributed by atoms with E-state index in [1.165, 1.54) is 24.3 Å². The Balaban J connectivity index is 2.26. The highest BCUT2D eigenvalue weighted by molar-refractivity contribution is 6.04. The Bertz CT molecular complexity index is 493. The van der Waals surface area contributed by atoms with Crippen LogP contribution in [0.1, 0.15) is 0 Å². The molecule has 0 unspecified atom stereocenters. The molecule has 0 atom stereocenters. The maximum Gasteiger partial charge on any atom is 0.158 e. The first-order chi connectivity index (χ1) is 7.58. The highest BCUT2D eigenvalue weighted by Crippen LogP contribution is 2.53. The first-order valence-electron chi connectivity index (χ1n) is 4.70. The van der Waals surface area contributed by atoms with Gasteiger partial charge in [0, 0.05) is 0 Å². The minimum atomic E-state index is -0.197. The van der Waals surface area contributed by atoms with Gasteiger partial charge >= 0.3 is 0 Å². The molecule has 0 saturated carbocycles. The fraction of sp³-hybridized carbons (Fsp3) is 0. The van der Waals surface area contributed by atoms with Crippen molar-refractivity contribution in [1.82, 2.24) is 0 Å². The van der Waals surface area contributed by atoms with Gasteiger partial charge in [0.05, 0.1) is 0 Å². The summed E-state index contributed by atoms with van der Waals surface area (Å²) in [5.74, 6) is -0.789. The maximum absolute atomic E-state index is 9.35. The Kier molecular flexibility index (Phi) is 1.45. The van der Waals surface area contributed by atoms with Crippen molar-refractivity contribution in [3.63, 3.8) is 0 Å². The van der Waals surface area contributed by atoms with Crippen LogP contribution in [0.4, 0.5) is 0 Å². The molecule has 4 N–H and O–H groups in total. The second kappa shape index (κ2) is 2.61. The van der Waals surface area contributed by atoms with E-state index in [1.54, 1.807) is 0 Å². The largest absolute Gasteiger partial charge is 0.504 e. The normalized spacial score (nSPS) is 11.5. The summed E-state index contributed by atoms with van der Waals surface area (Å²) in [6, 6.07) is 5.74. The van der Waals surface area contributed by atoms with E-state index in [0.29, 0.717) is 0 Å². The van der Waals surface area contributed by atoms with Crippen LogP contribution >= 0.6 is 0 Å². The van der Waals surface area contributed by atoms with Crippen molar-refractivity contribution < 1.29 is 20.4 Å². The summed E-state index contributed by atoms with van der Waals surface area (Å²) in [5.41, 5.74) is 3.00. The van der Waals surface area contributed by atoms with Gasteiger partial charge < -0.3 is 20.4 Å². The molecule has 2 aromatic rings. The molecule has 80 valence electrons. The highest BCUT2D eigenvalue weighted by Gasteiger charge is 2.26. The van der Waals surface area contributed by atoms with Crippen LogP contribution in [0.2, 0.25) is 0 Å². The number of rotatable bonds is 0. The van der Waals surface area contributed by atoms with E-state index in [9.17, 15) is 20.4 Å². The molecule has 0 saturated heterocycles. The van der Waals surface area contributed by atoms with E-state index in [1.807, 2.05) is 0 Å². The Hall–Kier alpha value is -2.36. The second-order valence-corrected chi connectivity index (χ2v) is 3.77. The van der Waals surface area contributed by atoms with Crippen LogP contribution in [-0.2, 0) is 0 Å². The zero-order valence-electron chi connectivity index (χ0n) is 8.10. The molecule has 0 aromatic heterocycles. The summed E-state index contributed by atoms with van der Waals surface area (Å²) in [6.45, 7) is 0. The fourth-order valence-electron chi connectivity index (χ4n) is 1.98. The lowest BCUT2D eigenvalue weighted by Crippen LogP contribution is -1.98. The van der Waals surface area contributed by atoms with Crippen molar-refractivity contribution in [2.45, 2.75) is 0 Å². The summed E-state index contributed by atoms with van der Waals surface area (Å²) in [4.78, 5) is 0. The van der Waals surface area contributed by atoms with Gasteiger partial charge in [-0.1, -0.05) is 0 Å². The van der Waals surface area contributed by atoms with Crippen LogP contribution in [0.5, 0.6) is 23.0 Å². The van der Waals surface area contributed by atoms with Gasteiger partial charge in [0.2, 0.25) is 0 Å². The average molecular weight is 216 g/mol. The van der Waals surface area contributed by atoms with Crippen LogP contribution in [0.3, 0.4) is 0 Å². The molecule has 0 heterocycles. The molecule has 1 aliphatic carbocycles. The minimum absolute atomic E-state index is 0.197. The minimum Gasteiger partial charge on any atom is -0.504 e. The number of fused-ring (bicyclic) bond motifs is 4. The molecule has 4 nitrogen and oxygen atoms in total. The zero-order valence-corrected chi connectivity index (χ0v) is 8.10. The van der Waals surface area contributed by atoms with E-state index in [0.717, 1.165) is 22.3 Å². The van der Waals surface area contributed by atoms with Gasteiger partial charge in [-0.15, -0.1) is 0 Å². The third-order valence-electron chi connectivity index (χ3n) is 2.81. The Morgan fingerprint density at radius 1 is 0.438 bits per heavy atom. The van der Waals surface area contributed by atoms with Crippen molar-refractivity contribution in [1.29, 1.82) is 0 Å². The van der Waals surface area contributed by atoms with Crippen molar-refractivity contribution >= 4 is 0 Å². The smallest absolute Gasteiger partial charge is 0.158 e. The van der Waals surface area contributed by atoms with Crippen LogP contribution in [0.15, 0.2) is 24.3 Å². The van der Waals surface area contributed by atoms with Gasteiger partial charge in [0.15, 0.2) is 23.0 Å². The lowest BCUT2D eigenvalue weighted by Gasteiger charge is -2.24. The average Bonchev–Trinajstić information content (AvgIpc) is 2.26. The van der Waals surface area contributed by atoms with E-state index in [4.69, 9.17) is 0 Å². The quantitative estimate of drug-likeness (QED) is 0.434. The summed E-state index contributed by atoms with van der Waals surface area (Å²) in [6.07, 6.45) is 0. The van der Waals surface area contributed by atoms with Crippen LogP contribution < -0.4 is 0 Å². The molecule has 0 spiro atoms. The molecule has 4 heteroatoms. The van der Waals surface area contributed by atoms with Crippen molar-refractivity contribution in [2.75, 3.05) is 0 Å². The monoisotopic (exact) mass is 216 g/mol. The molecule has 1 aliphatic rings. The summed E-state index contributed by atoms with van der Waals surface area (Å²) >= 11 is 0. The molecule has 16 heavy (non-hydrogen) atoms. The predicted octanol–water partition coefficient (Wildman–Crippen LogP) is 2.16. The fourth-order valence-corrected chi connectivity index (χ4v) is 1.98. The summed E-state index contributed by atoms with van der Waals surface area (Å²) in [7, 11) is 0. The molecule has 2 aromatic carbocycles. The standard InChI is InChI=1S/C12H8O4/c13-9-1-5-6(2-10(9)14)8-4-12(16)11(15)3-7(5)8/h1-4,13-16H. The SMILES string of the molecule is Oc1cc2c(cc1O)-c1cc(O)c(O)cc1-2. The molecule has 3 rings (SSSR count). The van der Waals surface area contributed by atoms with Crippen LogP contribution in [0, 0.1) is 0 Å². The lowest BCUT2D eigenvalue weighted by atomic mass is 9.80. The molecule has 0 fully saturated rings. The van der Waals surface area contributed by atoms with Crippen molar-refractivity contribution in [3.05, 3.63) is 24.3 Å². The predicted molar refractivity (Wildman–Crippen MR) is 57.5 cm³/mol. The molecule has 0 aliphatic heterocycles. The van der Waals surface area contributed by atoms with E-state index < -0.39 is 0 Å². The first-order valence-corrected chi connectivity index (χ1v) is 4.70. The maximum atomic E-state index is 9.35. The number of benzene rings is 2. The van der Waals surface area contributed by atoms with Crippen LogP contribution in [-0.4, -0.2) is 20.4 Å². The second-order valence-electron chi connectivity index (χ2n) is 3.77. The topological polar surface area (TPSA) is 80.9 Å². The number of hydrogen-bond acceptors (Lipinski definition) is 4. The first kappa shape index (κ1) is 8.91. The third kappa shape index (κ3) is 0.930. The van der Waals surface area contributed by atoms with Gasteiger partial charge in [0.25, 0.3) is 0 Å². The van der Waals surface area contributed by atoms with Crippen LogP contribution in [0.25, 0.3) is 22.3 Å². The van der Waals surface area contributed by atoms with E-state index >= 15 is 0 Å². The Morgan fingerprint density at radius 2 is 0.625 bits per heavy atom. The number of phenolic OH excluding ortho intramolecular Hbond substituents is 4. The Morgan fingerprint density at radius 3 is 0.812 bits per heavy atom. The molecule has 0 radical (unpaired) electrons. The third-order valence-corrected chi connectivity index (χ3v) is 2.81. The molecular formula is C12H8O4.